The molecule has 4 heteroatoms. The molecule has 0 saturated carbocycles. The highest BCUT2D eigenvalue weighted by molar-refractivity contribution is 5.78. The van der Waals surface area contributed by atoms with Crippen LogP contribution in [0.1, 0.15) is 26.5 Å². The van der Waals surface area contributed by atoms with Crippen LogP contribution in [0.15, 0.2) is 36.4 Å². The molecule has 0 radical (unpaired) electrons. The van der Waals surface area contributed by atoms with Gasteiger partial charge in [-0.25, -0.2) is 4.79 Å². The van der Waals surface area contributed by atoms with E-state index in [1.165, 1.54) is 0 Å². The van der Waals surface area contributed by atoms with Gasteiger partial charge in [0.05, 0.1) is 17.8 Å². The van der Waals surface area contributed by atoms with Crippen molar-refractivity contribution in [3.05, 3.63) is 42.1 Å². The number of amides is 2. The fraction of sp³-hybridized carbons (Fsp3) is 0.412. The summed E-state index contributed by atoms with van der Waals surface area (Å²) in [4.78, 5) is 18.4. The van der Waals surface area contributed by atoms with Crippen LogP contribution < -0.4 is 5.32 Å². The van der Waals surface area contributed by atoms with E-state index in [1.54, 1.807) is 11.9 Å². The Bertz CT molecular complexity index is 624. The van der Waals surface area contributed by atoms with Gasteiger partial charge in [-0.15, -0.1) is 0 Å². The van der Waals surface area contributed by atoms with Gasteiger partial charge in [-0.05, 0) is 25.0 Å². The predicted molar refractivity (Wildman–Crippen MR) is 86.0 cm³/mol. The highest BCUT2D eigenvalue weighted by atomic mass is 16.2. The number of carbonyl (C=O) groups is 1. The van der Waals surface area contributed by atoms with Crippen molar-refractivity contribution in [2.45, 2.75) is 33.4 Å². The lowest BCUT2D eigenvalue weighted by Gasteiger charge is -2.23. The molecule has 0 aliphatic rings. The third-order valence-corrected chi connectivity index (χ3v) is 3.75. The first-order valence-corrected chi connectivity index (χ1v) is 7.33. The average Bonchev–Trinajstić information content (AvgIpc) is 2.46. The van der Waals surface area contributed by atoms with Gasteiger partial charge in [-0.3, -0.25) is 4.98 Å². The SMILES string of the molecule is CC(C)[C@H](C)NC(=O)N(C)Cc1ccc2ccccc2n1. The van der Waals surface area contributed by atoms with E-state index in [0.717, 1.165) is 16.6 Å². The highest BCUT2D eigenvalue weighted by Crippen LogP contribution is 2.12. The van der Waals surface area contributed by atoms with Gasteiger partial charge in [0.15, 0.2) is 0 Å². The zero-order valence-electron chi connectivity index (χ0n) is 13.1. The molecule has 2 rings (SSSR count). The maximum absolute atomic E-state index is 12.1. The minimum atomic E-state index is -0.0637. The summed E-state index contributed by atoms with van der Waals surface area (Å²) >= 11 is 0. The van der Waals surface area contributed by atoms with Crippen molar-refractivity contribution in [2.75, 3.05) is 7.05 Å². The van der Waals surface area contributed by atoms with Crippen molar-refractivity contribution >= 4 is 16.9 Å². The van der Waals surface area contributed by atoms with Crippen molar-refractivity contribution < 1.29 is 4.79 Å². The first-order valence-electron chi connectivity index (χ1n) is 7.33. The number of hydrogen-bond donors (Lipinski definition) is 1. The molecule has 2 amide bonds. The van der Waals surface area contributed by atoms with E-state index in [0.29, 0.717) is 12.5 Å². The topological polar surface area (TPSA) is 45.2 Å². The molecule has 1 heterocycles. The quantitative estimate of drug-likeness (QED) is 0.935. The largest absolute Gasteiger partial charge is 0.335 e. The van der Waals surface area contributed by atoms with Crippen molar-refractivity contribution in [3.8, 4) is 0 Å². The molecule has 1 N–H and O–H groups in total. The molecule has 4 nitrogen and oxygen atoms in total. The molecule has 1 aromatic heterocycles. The van der Waals surface area contributed by atoms with Gasteiger partial charge in [0, 0.05) is 18.5 Å². The number of hydrogen-bond acceptors (Lipinski definition) is 2. The minimum Gasteiger partial charge on any atom is -0.335 e. The van der Waals surface area contributed by atoms with Crippen LogP contribution >= 0.6 is 0 Å². The summed E-state index contributed by atoms with van der Waals surface area (Å²) in [6.07, 6.45) is 0. The Hall–Kier alpha value is -2.10. The van der Waals surface area contributed by atoms with Crippen LogP contribution in [-0.4, -0.2) is 29.0 Å². The van der Waals surface area contributed by atoms with Gasteiger partial charge >= 0.3 is 6.03 Å². The molecule has 112 valence electrons. The lowest BCUT2D eigenvalue weighted by Crippen LogP contribution is -2.43. The maximum atomic E-state index is 12.1. The third-order valence-electron chi connectivity index (χ3n) is 3.75. The van der Waals surface area contributed by atoms with Crippen LogP contribution in [0.4, 0.5) is 4.79 Å². The summed E-state index contributed by atoms with van der Waals surface area (Å²) in [7, 11) is 1.79. The number of nitrogens with one attached hydrogen (secondary N) is 1. The Balaban J connectivity index is 2.03. The molecule has 0 saturated heterocycles. The number of para-hydroxylation sites is 1. The second kappa shape index (κ2) is 6.57. The Morgan fingerprint density at radius 2 is 1.90 bits per heavy atom. The molecular weight excluding hydrogens is 262 g/mol. The molecule has 0 spiro atoms. The molecule has 0 aliphatic carbocycles. The number of rotatable bonds is 4. The van der Waals surface area contributed by atoms with E-state index in [-0.39, 0.29) is 12.1 Å². The number of nitrogens with zero attached hydrogens (tertiary/aromatic N) is 2. The molecule has 0 aliphatic heterocycles. The number of carbonyl (C=O) groups excluding carboxylic acids is 1. The highest BCUT2D eigenvalue weighted by Gasteiger charge is 2.14. The Morgan fingerprint density at radius 1 is 1.19 bits per heavy atom. The fourth-order valence-corrected chi connectivity index (χ4v) is 1.98. The van der Waals surface area contributed by atoms with Crippen LogP contribution in [0.3, 0.4) is 0 Å². The van der Waals surface area contributed by atoms with Crippen LogP contribution in [0, 0.1) is 5.92 Å². The molecule has 0 bridgehead atoms. The number of fused-ring (bicyclic) bond motifs is 1. The molecule has 0 fully saturated rings. The minimum absolute atomic E-state index is 0.0637. The van der Waals surface area contributed by atoms with E-state index in [2.05, 4.69) is 24.1 Å². The van der Waals surface area contributed by atoms with Crippen molar-refractivity contribution in [1.82, 2.24) is 15.2 Å². The zero-order chi connectivity index (χ0) is 15.4. The van der Waals surface area contributed by atoms with Crippen LogP contribution in [0.25, 0.3) is 10.9 Å². The molecule has 2 aromatic rings. The van der Waals surface area contributed by atoms with Gasteiger partial charge < -0.3 is 10.2 Å². The van der Waals surface area contributed by atoms with E-state index in [9.17, 15) is 4.79 Å². The van der Waals surface area contributed by atoms with Gasteiger partial charge in [0.25, 0.3) is 0 Å². The number of aromatic nitrogens is 1. The fourth-order valence-electron chi connectivity index (χ4n) is 1.98. The molecule has 0 unspecified atom stereocenters. The van der Waals surface area contributed by atoms with Crippen molar-refractivity contribution in [3.63, 3.8) is 0 Å². The van der Waals surface area contributed by atoms with E-state index in [1.807, 2.05) is 43.3 Å². The summed E-state index contributed by atoms with van der Waals surface area (Å²) in [5, 5.41) is 4.11. The summed E-state index contributed by atoms with van der Waals surface area (Å²) in [6, 6.07) is 12.1. The standard InChI is InChI=1S/C17H23N3O/c1-12(2)13(3)18-17(21)20(4)11-15-10-9-14-7-5-6-8-16(14)19-15/h5-10,12-13H,11H2,1-4H3,(H,18,21)/t13-/m0/s1. The number of pyridine rings is 1. The van der Waals surface area contributed by atoms with Gasteiger partial charge in [0.1, 0.15) is 0 Å². The summed E-state index contributed by atoms with van der Waals surface area (Å²) in [5.74, 6) is 0.418. The smallest absolute Gasteiger partial charge is 0.317 e. The lowest BCUT2D eigenvalue weighted by atomic mass is 10.1. The average molecular weight is 285 g/mol. The molecular formula is C17H23N3O. The summed E-state index contributed by atoms with van der Waals surface area (Å²) < 4.78 is 0. The Kier molecular flexibility index (Phi) is 4.78. The zero-order valence-corrected chi connectivity index (χ0v) is 13.1. The van der Waals surface area contributed by atoms with E-state index in [4.69, 9.17) is 0 Å². The molecule has 1 atom stereocenters. The Morgan fingerprint density at radius 3 is 2.62 bits per heavy atom. The van der Waals surface area contributed by atoms with Gasteiger partial charge in [-0.2, -0.15) is 0 Å². The second-order valence-electron chi connectivity index (χ2n) is 5.83. The normalized spacial score (nSPS) is 12.4. The van der Waals surface area contributed by atoms with E-state index >= 15 is 0 Å². The third kappa shape index (κ3) is 3.94. The van der Waals surface area contributed by atoms with Gasteiger partial charge in [0.2, 0.25) is 0 Å². The van der Waals surface area contributed by atoms with Crippen molar-refractivity contribution in [2.24, 2.45) is 5.92 Å². The predicted octanol–water partition coefficient (Wildman–Crippen LogP) is 3.42. The van der Waals surface area contributed by atoms with Gasteiger partial charge in [-0.1, -0.05) is 38.1 Å². The van der Waals surface area contributed by atoms with Crippen LogP contribution in [-0.2, 0) is 6.54 Å². The first kappa shape index (κ1) is 15.3. The molecule has 1 aromatic carbocycles. The maximum Gasteiger partial charge on any atom is 0.317 e. The lowest BCUT2D eigenvalue weighted by molar-refractivity contribution is 0.199. The van der Waals surface area contributed by atoms with E-state index < -0.39 is 0 Å². The number of urea groups is 1. The first-order chi connectivity index (χ1) is 9.97. The number of benzene rings is 1. The summed E-state index contributed by atoms with van der Waals surface area (Å²) in [6.45, 7) is 6.71. The van der Waals surface area contributed by atoms with Crippen molar-refractivity contribution in [1.29, 1.82) is 0 Å². The summed E-state index contributed by atoms with van der Waals surface area (Å²) in [5.41, 5.74) is 1.85. The molecule has 21 heavy (non-hydrogen) atoms. The second-order valence-corrected chi connectivity index (χ2v) is 5.83. The van der Waals surface area contributed by atoms with Crippen LogP contribution in [0.5, 0.6) is 0 Å². The Labute approximate surface area is 126 Å². The monoisotopic (exact) mass is 285 g/mol. The van der Waals surface area contributed by atoms with Crippen LogP contribution in [0.2, 0.25) is 0 Å².